The van der Waals surface area contributed by atoms with Gasteiger partial charge in [-0.3, -0.25) is 9.59 Å². The summed E-state index contributed by atoms with van der Waals surface area (Å²) in [5.41, 5.74) is 0.925. The van der Waals surface area contributed by atoms with Gasteiger partial charge in [-0.15, -0.1) is 0 Å². The van der Waals surface area contributed by atoms with Crippen LogP contribution < -0.4 is 29.7 Å². The van der Waals surface area contributed by atoms with Crippen LogP contribution in [0.3, 0.4) is 0 Å². The molecule has 1 aliphatic heterocycles. The van der Waals surface area contributed by atoms with Gasteiger partial charge in [-0.1, -0.05) is 31.3 Å². The molecule has 1 aliphatic rings. The number of hydrogen-bond acceptors (Lipinski definition) is 9. The minimum atomic E-state index is -3.47. The highest BCUT2D eigenvalue weighted by Crippen LogP contribution is 2.41. The van der Waals surface area contributed by atoms with Gasteiger partial charge in [0, 0.05) is 24.9 Å². The number of carbonyl (C=O) groups excluding carboxylic acids is 2. The standard InChI is InChI=1S/C35H38F4N4O6S/c1-7-19(3)35(38,39)49-28-15-21(9-8-18(28)2)40-31(44)24-16-23(48-33(36)37)10-11-25(24)41-32(45)29-27(47-6)13-12-26-30(29)50-34(42-26)43-20(4)14-22(43)17-46-5/h8-13,15-16,19-20,22,33H,7,14,17H2,1-6H3,(H,40,44)(H,41,45). The van der Waals surface area contributed by atoms with Crippen LogP contribution in [0.25, 0.3) is 10.2 Å². The number of halogens is 4. The molecular weight excluding hydrogens is 680 g/mol. The van der Waals surface area contributed by atoms with Crippen molar-refractivity contribution >= 4 is 49.9 Å². The number of hydrogen-bond donors (Lipinski definition) is 2. The summed E-state index contributed by atoms with van der Waals surface area (Å²) in [6, 6.07) is 11.4. The van der Waals surface area contributed by atoms with Crippen molar-refractivity contribution in [3.8, 4) is 17.2 Å². The van der Waals surface area contributed by atoms with Crippen LogP contribution in [-0.4, -0.2) is 62.4 Å². The molecule has 2 N–H and O–H groups in total. The fourth-order valence-electron chi connectivity index (χ4n) is 5.64. The summed E-state index contributed by atoms with van der Waals surface area (Å²) in [5, 5.41) is 6.00. The molecule has 1 fully saturated rings. The largest absolute Gasteiger partial charge is 0.496 e. The van der Waals surface area contributed by atoms with Gasteiger partial charge < -0.3 is 34.5 Å². The third kappa shape index (κ3) is 7.73. The molecule has 3 unspecified atom stereocenters. The highest BCUT2D eigenvalue weighted by Gasteiger charge is 2.39. The number of fused-ring (bicyclic) bond motifs is 1. The number of carbonyl (C=O) groups is 2. The summed E-state index contributed by atoms with van der Waals surface area (Å²) >= 11 is 1.31. The first-order valence-electron chi connectivity index (χ1n) is 15.9. The molecule has 2 amide bonds. The van der Waals surface area contributed by atoms with Gasteiger partial charge in [-0.2, -0.15) is 17.6 Å². The van der Waals surface area contributed by atoms with E-state index in [0.29, 0.717) is 27.5 Å². The van der Waals surface area contributed by atoms with Crippen LogP contribution in [-0.2, 0) is 4.74 Å². The number of ether oxygens (including phenoxy) is 4. The molecule has 3 atom stereocenters. The third-order valence-corrected chi connectivity index (χ3v) is 9.71. The lowest BCUT2D eigenvalue weighted by Crippen LogP contribution is -2.56. The van der Waals surface area contributed by atoms with Gasteiger partial charge in [-0.05, 0) is 68.7 Å². The molecule has 4 aromatic rings. The summed E-state index contributed by atoms with van der Waals surface area (Å²) in [6.07, 6.45) is -2.37. The Labute approximate surface area is 290 Å². The number of rotatable bonds is 14. The number of nitrogens with zero attached hydrogens (tertiary/aromatic N) is 2. The first-order valence-corrected chi connectivity index (χ1v) is 16.7. The first kappa shape index (κ1) is 36.6. The van der Waals surface area contributed by atoms with Crippen molar-refractivity contribution in [2.75, 3.05) is 36.4 Å². The molecule has 10 nitrogen and oxygen atoms in total. The normalized spacial score (nSPS) is 16.6. The predicted molar refractivity (Wildman–Crippen MR) is 184 cm³/mol. The highest BCUT2D eigenvalue weighted by atomic mass is 32.1. The van der Waals surface area contributed by atoms with E-state index >= 15 is 0 Å². The van der Waals surface area contributed by atoms with Gasteiger partial charge >= 0.3 is 12.7 Å². The van der Waals surface area contributed by atoms with E-state index in [2.05, 4.69) is 27.2 Å². The molecule has 0 spiro atoms. The molecule has 50 heavy (non-hydrogen) atoms. The SMILES string of the molecule is CCC(C)C(F)(F)Oc1cc(NC(=O)c2cc(OC(F)F)ccc2NC(=O)c2c(OC)ccc3nc(N4C(C)CC4COC)sc23)ccc1C. The van der Waals surface area contributed by atoms with Crippen molar-refractivity contribution in [3.05, 3.63) is 65.2 Å². The van der Waals surface area contributed by atoms with Crippen molar-refractivity contribution in [3.63, 3.8) is 0 Å². The molecule has 1 saturated heterocycles. The van der Waals surface area contributed by atoms with Crippen LogP contribution in [0.15, 0.2) is 48.5 Å². The Balaban J connectivity index is 1.47. The number of anilines is 3. The van der Waals surface area contributed by atoms with E-state index in [9.17, 15) is 27.2 Å². The van der Waals surface area contributed by atoms with Crippen LogP contribution in [0.1, 0.15) is 59.9 Å². The Hall–Kier alpha value is -4.63. The highest BCUT2D eigenvalue weighted by molar-refractivity contribution is 7.22. The molecule has 2 heterocycles. The molecule has 0 radical (unpaired) electrons. The Morgan fingerprint density at radius 1 is 1.06 bits per heavy atom. The number of alkyl halides is 4. The monoisotopic (exact) mass is 718 g/mol. The van der Waals surface area contributed by atoms with Crippen LogP contribution in [0.2, 0.25) is 0 Å². The van der Waals surface area contributed by atoms with Crippen LogP contribution >= 0.6 is 11.3 Å². The lowest BCUT2D eigenvalue weighted by molar-refractivity contribution is -0.212. The maximum Gasteiger partial charge on any atom is 0.400 e. The van der Waals surface area contributed by atoms with Gasteiger partial charge in [0.15, 0.2) is 5.13 Å². The van der Waals surface area contributed by atoms with E-state index in [-0.39, 0.29) is 58.3 Å². The molecule has 0 bridgehead atoms. The van der Waals surface area contributed by atoms with E-state index in [1.807, 2.05) is 0 Å². The summed E-state index contributed by atoms with van der Waals surface area (Å²) in [7, 11) is 3.05. The quantitative estimate of drug-likeness (QED) is 0.125. The molecular formula is C35H38F4N4O6S. The number of methoxy groups -OCH3 is 2. The molecule has 5 rings (SSSR count). The molecule has 1 aromatic heterocycles. The smallest absolute Gasteiger partial charge is 0.400 e. The Bertz CT molecular complexity index is 1870. The molecule has 268 valence electrons. The number of thiazole rings is 1. The first-order chi connectivity index (χ1) is 23.8. The minimum absolute atomic E-state index is 0.0404. The van der Waals surface area contributed by atoms with Gasteiger partial charge in [0.1, 0.15) is 22.8 Å². The number of aromatic nitrogens is 1. The Morgan fingerprint density at radius 3 is 2.48 bits per heavy atom. The summed E-state index contributed by atoms with van der Waals surface area (Å²) in [5.74, 6) is -2.81. The van der Waals surface area contributed by atoms with Crippen molar-refractivity contribution < 1.29 is 46.1 Å². The van der Waals surface area contributed by atoms with E-state index < -0.39 is 30.5 Å². The zero-order valence-corrected chi connectivity index (χ0v) is 29.1. The van der Waals surface area contributed by atoms with Gasteiger partial charge in [0.2, 0.25) is 0 Å². The summed E-state index contributed by atoms with van der Waals surface area (Å²) < 4.78 is 76.6. The van der Waals surface area contributed by atoms with Crippen molar-refractivity contribution in [2.45, 2.75) is 65.3 Å². The van der Waals surface area contributed by atoms with E-state index in [1.54, 1.807) is 33.1 Å². The van der Waals surface area contributed by atoms with Crippen molar-refractivity contribution in [1.82, 2.24) is 4.98 Å². The lowest BCUT2D eigenvalue weighted by atomic mass is 9.96. The second-order valence-corrected chi connectivity index (χ2v) is 13.0. The maximum atomic E-state index is 14.6. The van der Waals surface area contributed by atoms with Gasteiger partial charge in [0.25, 0.3) is 11.8 Å². The Kier molecular flexibility index (Phi) is 11.1. The van der Waals surface area contributed by atoms with Crippen molar-refractivity contribution in [2.24, 2.45) is 5.92 Å². The molecule has 3 aromatic carbocycles. The second kappa shape index (κ2) is 15.1. The summed E-state index contributed by atoms with van der Waals surface area (Å²) in [6.45, 7) is 3.97. The number of aryl methyl sites for hydroxylation is 1. The zero-order valence-electron chi connectivity index (χ0n) is 28.3. The molecule has 0 aliphatic carbocycles. The number of amides is 2. The zero-order chi connectivity index (χ0) is 36.3. The summed E-state index contributed by atoms with van der Waals surface area (Å²) in [4.78, 5) is 34.5. The maximum absolute atomic E-state index is 14.6. The van der Waals surface area contributed by atoms with Crippen LogP contribution in [0.4, 0.5) is 34.1 Å². The number of nitrogens with one attached hydrogen (secondary N) is 2. The fraction of sp³-hybridized carbons (Fsp3) is 0.400. The van der Waals surface area contributed by atoms with Crippen LogP contribution in [0.5, 0.6) is 17.2 Å². The van der Waals surface area contributed by atoms with E-state index in [4.69, 9.17) is 19.2 Å². The molecule has 0 saturated carbocycles. The third-order valence-electron chi connectivity index (χ3n) is 8.60. The van der Waals surface area contributed by atoms with Crippen molar-refractivity contribution in [1.29, 1.82) is 0 Å². The topological polar surface area (TPSA) is 111 Å². The predicted octanol–water partition coefficient (Wildman–Crippen LogP) is 8.35. The van der Waals surface area contributed by atoms with Gasteiger partial charge in [-0.25, -0.2) is 4.98 Å². The average Bonchev–Trinajstić information content (AvgIpc) is 3.48. The van der Waals surface area contributed by atoms with Gasteiger partial charge in [0.05, 0.1) is 47.1 Å². The van der Waals surface area contributed by atoms with E-state index in [0.717, 1.165) is 12.5 Å². The van der Waals surface area contributed by atoms with E-state index in [1.165, 1.54) is 55.7 Å². The molecule has 15 heteroatoms. The number of benzene rings is 3. The Morgan fingerprint density at radius 2 is 1.82 bits per heavy atom. The fourth-order valence-corrected chi connectivity index (χ4v) is 6.91. The average molecular weight is 719 g/mol. The van der Waals surface area contributed by atoms with Crippen LogP contribution in [0, 0.1) is 12.8 Å². The lowest BCUT2D eigenvalue weighted by Gasteiger charge is -2.46. The second-order valence-electron chi connectivity index (χ2n) is 12.0. The minimum Gasteiger partial charge on any atom is -0.496 e.